The van der Waals surface area contributed by atoms with Crippen LogP contribution in [-0.4, -0.2) is 32.7 Å². The van der Waals surface area contributed by atoms with Gasteiger partial charge in [-0.25, -0.2) is 4.79 Å². The van der Waals surface area contributed by atoms with Gasteiger partial charge in [0.15, 0.2) is 0 Å². The minimum absolute atomic E-state index is 0.129. The highest BCUT2D eigenvalue weighted by atomic mass is 16.5. The Bertz CT molecular complexity index is 913. The second-order valence-corrected chi connectivity index (χ2v) is 6.17. The number of phenols is 1. The minimum atomic E-state index is -0.353. The van der Waals surface area contributed by atoms with E-state index in [9.17, 15) is 9.90 Å². The van der Waals surface area contributed by atoms with Gasteiger partial charge in [0.25, 0.3) is 0 Å². The molecule has 134 valence electrons. The number of ether oxygens (including phenoxy) is 1. The zero-order valence-corrected chi connectivity index (χ0v) is 14.7. The van der Waals surface area contributed by atoms with Crippen molar-refractivity contribution in [1.82, 2.24) is 15.0 Å². The number of aryl methyl sites for hydroxylation is 1. The van der Waals surface area contributed by atoms with E-state index in [0.717, 1.165) is 35.9 Å². The maximum atomic E-state index is 11.3. The van der Waals surface area contributed by atoms with Gasteiger partial charge < -0.3 is 9.84 Å². The van der Waals surface area contributed by atoms with Crippen LogP contribution in [0.1, 0.15) is 25.3 Å². The molecule has 6 heteroatoms. The third-order valence-electron chi connectivity index (χ3n) is 3.98. The molecule has 3 rings (SSSR count). The summed E-state index contributed by atoms with van der Waals surface area (Å²) in [6.07, 6.45) is 2.43. The van der Waals surface area contributed by atoms with Gasteiger partial charge in [0, 0.05) is 5.57 Å². The van der Waals surface area contributed by atoms with Crippen LogP contribution < -0.4 is 0 Å². The SMILES string of the molecule is C=C(C)C(=O)OCCCCc1ccc(O)c(-n2nc3ccccc3n2)c1. The number of carbonyl (C=O) groups is 1. The van der Waals surface area contributed by atoms with Crippen molar-refractivity contribution in [3.05, 3.63) is 60.2 Å². The highest BCUT2D eigenvalue weighted by Gasteiger charge is 2.10. The van der Waals surface area contributed by atoms with E-state index in [1.807, 2.05) is 36.4 Å². The fraction of sp³-hybridized carbons (Fsp3) is 0.250. The smallest absolute Gasteiger partial charge is 0.333 e. The van der Waals surface area contributed by atoms with Crippen molar-refractivity contribution in [2.45, 2.75) is 26.2 Å². The highest BCUT2D eigenvalue weighted by molar-refractivity contribution is 5.86. The van der Waals surface area contributed by atoms with Crippen LogP contribution in [0.25, 0.3) is 16.7 Å². The minimum Gasteiger partial charge on any atom is -0.506 e. The number of unbranched alkanes of at least 4 members (excludes halogenated alkanes) is 1. The average Bonchev–Trinajstić information content (AvgIpc) is 3.06. The number of hydrogen-bond acceptors (Lipinski definition) is 5. The van der Waals surface area contributed by atoms with Crippen molar-refractivity contribution in [2.75, 3.05) is 6.61 Å². The molecule has 0 radical (unpaired) electrons. The van der Waals surface area contributed by atoms with Crippen LogP contribution in [0.4, 0.5) is 0 Å². The summed E-state index contributed by atoms with van der Waals surface area (Å²) >= 11 is 0. The zero-order chi connectivity index (χ0) is 18.5. The topological polar surface area (TPSA) is 77.2 Å². The molecular formula is C20H21N3O3. The number of aromatic hydroxyl groups is 1. The van der Waals surface area contributed by atoms with E-state index in [-0.39, 0.29) is 11.7 Å². The predicted octanol–water partition coefficient (Wildman–Crippen LogP) is 3.57. The number of hydrogen-bond donors (Lipinski definition) is 1. The Morgan fingerprint density at radius 3 is 2.50 bits per heavy atom. The van der Waals surface area contributed by atoms with Crippen LogP contribution in [0.2, 0.25) is 0 Å². The molecule has 0 bridgehead atoms. The largest absolute Gasteiger partial charge is 0.506 e. The Morgan fingerprint density at radius 2 is 1.85 bits per heavy atom. The summed E-state index contributed by atoms with van der Waals surface area (Å²) in [6.45, 7) is 5.56. The molecule has 2 aromatic carbocycles. The molecule has 1 aromatic heterocycles. The molecule has 0 spiro atoms. The van der Waals surface area contributed by atoms with E-state index in [0.29, 0.717) is 17.9 Å². The third kappa shape index (κ3) is 4.08. The number of carbonyl (C=O) groups excluding carboxylic acids is 1. The summed E-state index contributed by atoms with van der Waals surface area (Å²) in [7, 11) is 0. The molecule has 1 N–H and O–H groups in total. The lowest BCUT2D eigenvalue weighted by molar-refractivity contribution is -0.139. The summed E-state index contributed by atoms with van der Waals surface area (Å²) in [6, 6.07) is 13.0. The lowest BCUT2D eigenvalue weighted by atomic mass is 10.1. The normalized spacial score (nSPS) is 10.8. The molecule has 0 aliphatic rings. The van der Waals surface area contributed by atoms with Gasteiger partial charge in [0.1, 0.15) is 22.5 Å². The summed E-state index contributed by atoms with van der Waals surface area (Å²) in [5.41, 5.74) is 3.57. The second-order valence-electron chi connectivity index (χ2n) is 6.17. The molecule has 26 heavy (non-hydrogen) atoms. The van der Waals surface area contributed by atoms with Gasteiger partial charge in [-0.15, -0.1) is 15.0 Å². The van der Waals surface area contributed by atoms with Gasteiger partial charge in [0.05, 0.1) is 6.61 Å². The molecule has 1 heterocycles. The quantitative estimate of drug-likeness (QED) is 0.400. The standard InChI is InChI=1S/C20H21N3O3/c1-14(2)20(25)26-12-6-5-7-15-10-11-19(24)18(13-15)23-21-16-8-3-4-9-17(16)22-23/h3-4,8-11,13,24H,1,5-7,12H2,2H3. The number of phenolic OH excluding ortho intramolecular Hbond substituents is 1. The number of esters is 1. The Kier molecular flexibility index (Phi) is 5.31. The van der Waals surface area contributed by atoms with Gasteiger partial charge in [0.2, 0.25) is 0 Å². The van der Waals surface area contributed by atoms with Crippen LogP contribution in [0.3, 0.4) is 0 Å². The predicted molar refractivity (Wildman–Crippen MR) is 99.2 cm³/mol. The van der Waals surface area contributed by atoms with Crippen LogP contribution in [0.15, 0.2) is 54.6 Å². The van der Waals surface area contributed by atoms with Gasteiger partial charge in [-0.1, -0.05) is 24.8 Å². The first-order chi connectivity index (χ1) is 12.5. The fourth-order valence-electron chi connectivity index (χ4n) is 2.57. The molecule has 6 nitrogen and oxygen atoms in total. The Hall–Kier alpha value is -3.15. The molecule has 0 unspecified atom stereocenters. The summed E-state index contributed by atoms with van der Waals surface area (Å²) in [4.78, 5) is 12.8. The first-order valence-corrected chi connectivity index (χ1v) is 8.51. The van der Waals surface area contributed by atoms with Crippen molar-refractivity contribution in [3.63, 3.8) is 0 Å². The monoisotopic (exact) mass is 351 g/mol. The zero-order valence-electron chi connectivity index (χ0n) is 14.7. The van der Waals surface area contributed by atoms with E-state index in [2.05, 4.69) is 16.8 Å². The van der Waals surface area contributed by atoms with E-state index in [1.165, 1.54) is 4.80 Å². The third-order valence-corrected chi connectivity index (χ3v) is 3.98. The molecular weight excluding hydrogens is 330 g/mol. The van der Waals surface area contributed by atoms with Crippen LogP contribution in [0, 0.1) is 0 Å². The highest BCUT2D eigenvalue weighted by Crippen LogP contribution is 2.23. The molecule has 0 amide bonds. The number of nitrogens with zero attached hydrogens (tertiary/aromatic N) is 3. The van der Waals surface area contributed by atoms with E-state index >= 15 is 0 Å². The van der Waals surface area contributed by atoms with Crippen molar-refractivity contribution < 1.29 is 14.6 Å². The Labute approximate surface area is 151 Å². The molecule has 3 aromatic rings. The van der Waals surface area contributed by atoms with Crippen LogP contribution in [-0.2, 0) is 16.0 Å². The van der Waals surface area contributed by atoms with Crippen molar-refractivity contribution in [2.24, 2.45) is 0 Å². The number of fused-ring (bicyclic) bond motifs is 1. The lowest BCUT2D eigenvalue weighted by Crippen LogP contribution is -2.06. The van der Waals surface area contributed by atoms with Gasteiger partial charge >= 0.3 is 5.97 Å². The van der Waals surface area contributed by atoms with E-state index in [1.54, 1.807) is 13.0 Å². The maximum Gasteiger partial charge on any atom is 0.333 e. The van der Waals surface area contributed by atoms with Crippen molar-refractivity contribution in [3.8, 4) is 11.4 Å². The van der Waals surface area contributed by atoms with Crippen molar-refractivity contribution >= 4 is 17.0 Å². The molecule has 0 fully saturated rings. The molecule has 0 saturated heterocycles. The molecule has 0 saturated carbocycles. The number of rotatable bonds is 7. The first kappa shape index (κ1) is 17.7. The Morgan fingerprint density at radius 1 is 1.15 bits per heavy atom. The molecule has 0 atom stereocenters. The van der Waals surface area contributed by atoms with E-state index < -0.39 is 0 Å². The first-order valence-electron chi connectivity index (χ1n) is 8.51. The van der Waals surface area contributed by atoms with Gasteiger partial charge in [-0.2, -0.15) is 0 Å². The van der Waals surface area contributed by atoms with Crippen LogP contribution >= 0.6 is 0 Å². The average molecular weight is 351 g/mol. The Balaban J connectivity index is 1.64. The van der Waals surface area contributed by atoms with Crippen molar-refractivity contribution in [1.29, 1.82) is 0 Å². The maximum absolute atomic E-state index is 11.3. The summed E-state index contributed by atoms with van der Waals surface area (Å²) in [5.74, 6) is -0.224. The number of aromatic nitrogens is 3. The summed E-state index contributed by atoms with van der Waals surface area (Å²) < 4.78 is 5.08. The second kappa shape index (κ2) is 7.82. The number of benzene rings is 2. The lowest BCUT2D eigenvalue weighted by Gasteiger charge is -2.07. The molecule has 0 aliphatic heterocycles. The van der Waals surface area contributed by atoms with E-state index in [4.69, 9.17) is 4.74 Å². The summed E-state index contributed by atoms with van der Waals surface area (Å²) in [5, 5.41) is 19.0. The van der Waals surface area contributed by atoms with Crippen LogP contribution in [0.5, 0.6) is 5.75 Å². The molecule has 0 aliphatic carbocycles. The fourth-order valence-corrected chi connectivity index (χ4v) is 2.57. The van der Waals surface area contributed by atoms with Gasteiger partial charge in [-0.05, 0) is 56.0 Å². The van der Waals surface area contributed by atoms with Gasteiger partial charge in [-0.3, -0.25) is 0 Å².